The van der Waals surface area contributed by atoms with E-state index in [-0.39, 0.29) is 18.2 Å². The molecule has 0 aromatic heterocycles. The van der Waals surface area contributed by atoms with Gasteiger partial charge in [-0.05, 0) is 30.5 Å². The zero-order valence-corrected chi connectivity index (χ0v) is 12.7. The third kappa shape index (κ3) is 6.22. The molecule has 22 heavy (non-hydrogen) atoms. The number of aliphatic hydroxyl groups excluding tert-OH is 1. The highest BCUT2D eigenvalue weighted by molar-refractivity contribution is 5.88. The highest BCUT2D eigenvalue weighted by atomic mass is 19.3. The molecule has 0 aliphatic carbocycles. The van der Waals surface area contributed by atoms with Crippen LogP contribution in [0.25, 0.3) is 0 Å². The van der Waals surface area contributed by atoms with E-state index in [0.29, 0.717) is 5.56 Å². The van der Waals surface area contributed by atoms with Gasteiger partial charge in [0.25, 0.3) is 0 Å². The van der Waals surface area contributed by atoms with Gasteiger partial charge in [0, 0.05) is 12.6 Å². The number of hydrogen-bond donors (Lipinski definition) is 2. The van der Waals surface area contributed by atoms with Crippen molar-refractivity contribution in [3.63, 3.8) is 0 Å². The summed E-state index contributed by atoms with van der Waals surface area (Å²) in [6.07, 6.45) is 2.10. The Bertz CT molecular complexity index is 512. The summed E-state index contributed by atoms with van der Waals surface area (Å²) in [6, 6.07) is 5.78. The number of allylic oxidation sites excluding steroid dienone is 1. The maximum atomic E-state index is 12.1. The summed E-state index contributed by atoms with van der Waals surface area (Å²) < 4.78 is 28.6. The van der Waals surface area contributed by atoms with E-state index in [1.807, 2.05) is 13.8 Å². The molecule has 2 N–H and O–H groups in total. The molecule has 4 nitrogen and oxygen atoms in total. The van der Waals surface area contributed by atoms with Crippen molar-refractivity contribution < 1.29 is 23.4 Å². The second-order valence-electron chi connectivity index (χ2n) is 4.72. The number of carbonyl (C=O) groups excluding carboxylic acids is 1. The lowest BCUT2D eigenvalue weighted by Gasteiger charge is -2.13. The van der Waals surface area contributed by atoms with Crippen molar-refractivity contribution in [3.05, 3.63) is 41.5 Å². The van der Waals surface area contributed by atoms with Crippen LogP contribution in [0, 0.1) is 0 Å². The van der Waals surface area contributed by atoms with Crippen LogP contribution in [0.15, 0.2) is 35.9 Å². The molecule has 0 saturated heterocycles. The molecule has 0 bridgehead atoms. The van der Waals surface area contributed by atoms with Crippen LogP contribution in [0.1, 0.15) is 38.4 Å². The predicted octanol–water partition coefficient (Wildman–Crippen LogP) is 3.18. The number of hydrogen-bond acceptors (Lipinski definition) is 3. The lowest BCUT2D eigenvalue weighted by molar-refractivity contribution is -0.117. The summed E-state index contributed by atoms with van der Waals surface area (Å²) >= 11 is 0. The molecule has 0 aliphatic rings. The third-order valence-electron chi connectivity index (χ3n) is 3.18. The summed E-state index contributed by atoms with van der Waals surface area (Å²) in [4.78, 5) is 11.7. The number of ether oxygens (including phenoxy) is 1. The van der Waals surface area contributed by atoms with Gasteiger partial charge in [-0.25, -0.2) is 0 Å². The quantitative estimate of drug-likeness (QED) is 0.725. The van der Waals surface area contributed by atoms with Crippen molar-refractivity contribution >= 4 is 5.91 Å². The van der Waals surface area contributed by atoms with Crippen LogP contribution < -0.4 is 10.1 Å². The van der Waals surface area contributed by atoms with E-state index in [9.17, 15) is 18.7 Å². The van der Waals surface area contributed by atoms with Crippen LogP contribution in [0.2, 0.25) is 0 Å². The van der Waals surface area contributed by atoms with Crippen LogP contribution in [0.4, 0.5) is 8.78 Å². The second kappa shape index (κ2) is 9.15. The fourth-order valence-electron chi connectivity index (χ4n) is 1.90. The van der Waals surface area contributed by atoms with Crippen molar-refractivity contribution in [2.45, 2.75) is 39.4 Å². The number of halogens is 2. The highest BCUT2D eigenvalue weighted by Crippen LogP contribution is 2.20. The SMILES string of the molecule is CCC(=CC(=O)NCC(O)c1cccc(OC(F)F)c1)CC. The molecule has 1 atom stereocenters. The average Bonchev–Trinajstić information content (AvgIpc) is 2.49. The molecule has 1 aromatic carbocycles. The third-order valence-corrected chi connectivity index (χ3v) is 3.18. The fourth-order valence-corrected chi connectivity index (χ4v) is 1.90. The Morgan fingerprint density at radius 2 is 2.05 bits per heavy atom. The number of aliphatic hydroxyl groups is 1. The van der Waals surface area contributed by atoms with Gasteiger partial charge in [0.05, 0.1) is 6.10 Å². The van der Waals surface area contributed by atoms with Gasteiger partial charge in [0.2, 0.25) is 5.91 Å². The van der Waals surface area contributed by atoms with Crippen molar-refractivity contribution in [1.82, 2.24) is 5.32 Å². The molecule has 0 fully saturated rings. The van der Waals surface area contributed by atoms with Crippen molar-refractivity contribution in [3.8, 4) is 5.75 Å². The molecule has 0 radical (unpaired) electrons. The first-order valence-corrected chi connectivity index (χ1v) is 7.16. The van der Waals surface area contributed by atoms with Crippen LogP contribution >= 0.6 is 0 Å². The first-order valence-electron chi connectivity index (χ1n) is 7.16. The van der Waals surface area contributed by atoms with Gasteiger partial charge < -0.3 is 15.2 Å². The largest absolute Gasteiger partial charge is 0.435 e. The Labute approximate surface area is 128 Å². The van der Waals surface area contributed by atoms with Crippen LogP contribution in [-0.2, 0) is 4.79 Å². The molecule has 0 aliphatic heterocycles. The minimum atomic E-state index is -2.92. The summed E-state index contributed by atoms with van der Waals surface area (Å²) in [5, 5.41) is 12.6. The maximum Gasteiger partial charge on any atom is 0.387 e. The van der Waals surface area contributed by atoms with Gasteiger partial charge in [-0.1, -0.05) is 31.6 Å². The normalized spacial score (nSPS) is 11.9. The first-order chi connectivity index (χ1) is 10.5. The molecule has 0 saturated carbocycles. The van der Waals surface area contributed by atoms with E-state index < -0.39 is 12.7 Å². The fraction of sp³-hybridized carbons (Fsp3) is 0.438. The van der Waals surface area contributed by atoms with Gasteiger partial charge in [0.1, 0.15) is 5.75 Å². The minimum absolute atomic E-state index is 0.00578. The summed E-state index contributed by atoms with van der Waals surface area (Å²) in [5.41, 5.74) is 1.41. The molecule has 1 aromatic rings. The molecule has 1 unspecified atom stereocenters. The van der Waals surface area contributed by atoms with Crippen LogP contribution in [-0.4, -0.2) is 24.2 Å². The number of rotatable bonds is 8. The Hall–Kier alpha value is -1.95. The Balaban J connectivity index is 2.60. The Morgan fingerprint density at radius 3 is 2.64 bits per heavy atom. The summed E-state index contributed by atoms with van der Waals surface area (Å²) in [7, 11) is 0. The van der Waals surface area contributed by atoms with Crippen LogP contribution in [0.5, 0.6) is 5.75 Å². The molecule has 6 heteroatoms. The van der Waals surface area contributed by atoms with Crippen molar-refractivity contribution in [1.29, 1.82) is 0 Å². The average molecular weight is 313 g/mol. The van der Waals surface area contributed by atoms with E-state index in [2.05, 4.69) is 10.1 Å². The molecule has 1 amide bonds. The highest BCUT2D eigenvalue weighted by Gasteiger charge is 2.11. The standard InChI is InChI=1S/C16H21F2NO3/c1-3-11(4-2)8-15(21)19-10-14(20)12-6-5-7-13(9-12)22-16(17)18/h5-9,14,16,20H,3-4,10H2,1-2H3,(H,19,21). The lowest BCUT2D eigenvalue weighted by Crippen LogP contribution is -2.27. The van der Waals surface area contributed by atoms with Crippen molar-refractivity contribution in [2.24, 2.45) is 0 Å². The predicted molar refractivity (Wildman–Crippen MR) is 79.7 cm³/mol. The van der Waals surface area contributed by atoms with E-state index in [1.54, 1.807) is 6.07 Å². The number of alkyl halides is 2. The number of nitrogens with one attached hydrogen (secondary N) is 1. The second-order valence-corrected chi connectivity index (χ2v) is 4.72. The number of amides is 1. The maximum absolute atomic E-state index is 12.1. The summed E-state index contributed by atoms with van der Waals surface area (Å²) in [5.74, 6) is -0.310. The molecule has 0 heterocycles. The molecule has 122 valence electrons. The molecule has 1 rings (SSSR count). The lowest BCUT2D eigenvalue weighted by atomic mass is 10.1. The first kappa shape index (κ1) is 18.1. The Morgan fingerprint density at radius 1 is 1.36 bits per heavy atom. The van der Waals surface area contributed by atoms with E-state index >= 15 is 0 Å². The molecular weight excluding hydrogens is 292 g/mol. The zero-order chi connectivity index (χ0) is 16.5. The van der Waals surface area contributed by atoms with E-state index in [0.717, 1.165) is 18.4 Å². The smallest absolute Gasteiger partial charge is 0.387 e. The summed E-state index contributed by atoms with van der Waals surface area (Å²) in [6.45, 7) is 1.00. The van der Waals surface area contributed by atoms with Gasteiger partial charge >= 0.3 is 6.61 Å². The topological polar surface area (TPSA) is 58.6 Å². The van der Waals surface area contributed by atoms with E-state index in [1.165, 1.54) is 24.3 Å². The van der Waals surface area contributed by atoms with Crippen LogP contribution in [0.3, 0.4) is 0 Å². The number of benzene rings is 1. The van der Waals surface area contributed by atoms with Gasteiger partial charge in [0.15, 0.2) is 0 Å². The molecule has 0 spiro atoms. The zero-order valence-electron chi connectivity index (χ0n) is 12.7. The van der Waals surface area contributed by atoms with Gasteiger partial charge in [-0.3, -0.25) is 4.79 Å². The molecular formula is C16H21F2NO3. The van der Waals surface area contributed by atoms with Gasteiger partial charge in [-0.15, -0.1) is 0 Å². The van der Waals surface area contributed by atoms with Crippen molar-refractivity contribution in [2.75, 3.05) is 6.54 Å². The minimum Gasteiger partial charge on any atom is -0.435 e. The van der Waals surface area contributed by atoms with E-state index in [4.69, 9.17) is 0 Å². The Kier molecular flexibility index (Phi) is 7.52. The van der Waals surface area contributed by atoms with Gasteiger partial charge in [-0.2, -0.15) is 8.78 Å². The monoisotopic (exact) mass is 313 g/mol. The number of carbonyl (C=O) groups is 1.